The van der Waals surface area contributed by atoms with Crippen LogP contribution in [0.4, 0.5) is 15.8 Å². The average Bonchev–Trinajstić information content (AvgIpc) is 3.08. The third kappa shape index (κ3) is 2.39. The molecular weight excluding hydrogens is 365 g/mol. The number of hydrogen-bond donors (Lipinski definition) is 0. The van der Waals surface area contributed by atoms with Crippen LogP contribution in [-0.4, -0.2) is 28.3 Å². The number of fused-ring (bicyclic) bond motifs is 2. The summed E-state index contributed by atoms with van der Waals surface area (Å²) in [5.74, 6) is -0.623. The number of hydrogen-bond acceptors (Lipinski definition) is 7. The van der Waals surface area contributed by atoms with E-state index in [2.05, 4.69) is 4.74 Å². The first-order valence-corrected chi connectivity index (χ1v) is 8.94. The van der Waals surface area contributed by atoms with Crippen LogP contribution in [0.25, 0.3) is 0 Å². The highest BCUT2D eigenvalue weighted by molar-refractivity contribution is 7.96. The summed E-state index contributed by atoms with van der Waals surface area (Å²) in [7, 11) is -3.05. The summed E-state index contributed by atoms with van der Waals surface area (Å²) >= 11 is 0. The second kappa shape index (κ2) is 5.73. The fourth-order valence-electron chi connectivity index (χ4n) is 2.79. The average molecular weight is 377 g/mol. The molecule has 0 N–H and O–H groups in total. The van der Waals surface area contributed by atoms with Crippen LogP contribution in [0.5, 0.6) is 11.5 Å². The van der Waals surface area contributed by atoms with E-state index in [4.69, 9.17) is 9.47 Å². The van der Waals surface area contributed by atoms with Gasteiger partial charge in [-0.3, -0.25) is 0 Å². The molecule has 0 aliphatic carbocycles. The Labute approximate surface area is 148 Å². The molecule has 7 nitrogen and oxygen atoms in total. The highest BCUT2D eigenvalue weighted by Gasteiger charge is 2.37. The lowest BCUT2D eigenvalue weighted by molar-refractivity contribution is -0.135. The van der Waals surface area contributed by atoms with E-state index in [1.165, 1.54) is 4.90 Å². The Kier molecular flexibility index (Phi) is 3.62. The summed E-state index contributed by atoms with van der Waals surface area (Å²) in [5.41, 5.74) is 0.550. The van der Waals surface area contributed by atoms with Crippen molar-refractivity contribution in [2.24, 2.45) is 0 Å². The number of carbonyl (C=O) groups is 1. The normalized spacial score (nSPS) is 16.7. The zero-order valence-electron chi connectivity index (χ0n) is 13.4. The number of carbonyl (C=O) groups excluding carboxylic acids is 1. The van der Waals surface area contributed by atoms with Gasteiger partial charge in [-0.1, -0.05) is 0 Å². The molecule has 0 saturated heterocycles. The van der Waals surface area contributed by atoms with Gasteiger partial charge in [-0.15, -0.1) is 0 Å². The molecule has 134 valence electrons. The second-order valence-electron chi connectivity index (χ2n) is 5.51. The number of methoxy groups -OCH3 is 1. The predicted octanol–water partition coefficient (Wildman–Crippen LogP) is 2.49. The van der Waals surface area contributed by atoms with Crippen molar-refractivity contribution in [3.63, 3.8) is 0 Å². The lowest BCUT2D eigenvalue weighted by Crippen LogP contribution is -2.26. The number of sulfone groups is 1. The molecule has 2 aromatic rings. The van der Waals surface area contributed by atoms with Gasteiger partial charge in [-0.2, -0.15) is 0 Å². The van der Waals surface area contributed by atoms with Gasteiger partial charge in [0.1, 0.15) is 5.82 Å². The zero-order valence-corrected chi connectivity index (χ0v) is 14.2. The molecule has 2 aliphatic heterocycles. The van der Waals surface area contributed by atoms with Gasteiger partial charge >= 0.3 is 5.97 Å². The molecular formula is C17H12FNO6S. The first-order valence-electron chi connectivity index (χ1n) is 7.45. The van der Waals surface area contributed by atoms with Crippen molar-refractivity contribution in [2.75, 3.05) is 18.8 Å². The highest BCUT2D eigenvalue weighted by Crippen LogP contribution is 2.43. The number of esters is 1. The van der Waals surface area contributed by atoms with E-state index < -0.39 is 26.5 Å². The van der Waals surface area contributed by atoms with Crippen molar-refractivity contribution in [1.82, 2.24) is 0 Å². The lowest BCUT2D eigenvalue weighted by atomic mass is 10.2. The first-order chi connectivity index (χ1) is 12.4. The molecule has 0 saturated carbocycles. The van der Waals surface area contributed by atoms with Crippen molar-refractivity contribution < 1.29 is 31.8 Å². The summed E-state index contributed by atoms with van der Waals surface area (Å²) < 4.78 is 54.4. The van der Waals surface area contributed by atoms with Gasteiger partial charge in [-0.25, -0.2) is 17.6 Å². The fourth-order valence-corrected chi connectivity index (χ4v) is 4.26. The third-order valence-electron chi connectivity index (χ3n) is 4.03. The number of halogens is 1. The Morgan fingerprint density at radius 1 is 1.15 bits per heavy atom. The summed E-state index contributed by atoms with van der Waals surface area (Å²) in [5, 5.41) is 0. The van der Waals surface area contributed by atoms with E-state index in [0.717, 1.165) is 31.5 Å². The van der Waals surface area contributed by atoms with Gasteiger partial charge in [0.2, 0.25) is 16.6 Å². The Bertz CT molecular complexity index is 1060. The smallest absolute Gasteiger partial charge is 0.351 e. The maximum Gasteiger partial charge on any atom is 0.351 e. The Balaban J connectivity index is 1.95. The van der Waals surface area contributed by atoms with Crippen LogP contribution in [0, 0.1) is 5.82 Å². The molecule has 0 atom stereocenters. The number of rotatable bonds is 2. The monoisotopic (exact) mass is 377 g/mol. The number of anilines is 2. The van der Waals surface area contributed by atoms with Crippen molar-refractivity contribution in [3.8, 4) is 11.5 Å². The lowest BCUT2D eigenvalue weighted by Gasteiger charge is -2.28. The van der Waals surface area contributed by atoms with Gasteiger partial charge in [-0.05, 0) is 30.3 Å². The Morgan fingerprint density at radius 2 is 1.92 bits per heavy atom. The van der Waals surface area contributed by atoms with Crippen LogP contribution < -0.4 is 14.4 Å². The topological polar surface area (TPSA) is 82.1 Å². The molecule has 9 heteroatoms. The van der Waals surface area contributed by atoms with Crippen molar-refractivity contribution in [1.29, 1.82) is 0 Å². The van der Waals surface area contributed by atoms with E-state index in [1.54, 1.807) is 18.2 Å². The molecule has 4 rings (SSSR count). The molecule has 0 bridgehead atoms. The molecule has 0 radical (unpaired) electrons. The number of nitrogens with zero attached hydrogens (tertiary/aromatic N) is 1. The third-order valence-corrected chi connectivity index (χ3v) is 5.80. The van der Waals surface area contributed by atoms with Crippen molar-refractivity contribution in [3.05, 3.63) is 53.3 Å². The second-order valence-corrected chi connectivity index (χ2v) is 7.39. The largest absolute Gasteiger partial charge is 0.465 e. The summed E-state index contributed by atoms with van der Waals surface area (Å²) in [6.45, 7) is 0.0711. The molecule has 0 unspecified atom stereocenters. The first kappa shape index (κ1) is 16.4. The minimum Gasteiger partial charge on any atom is -0.465 e. The zero-order chi connectivity index (χ0) is 18.5. The Morgan fingerprint density at radius 3 is 2.69 bits per heavy atom. The molecule has 2 aromatic carbocycles. The summed E-state index contributed by atoms with van der Waals surface area (Å²) in [4.78, 5) is 12.7. The summed E-state index contributed by atoms with van der Waals surface area (Å²) in [6, 6.07) is 8.13. The molecule has 26 heavy (non-hydrogen) atoms. The van der Waals surface area contributed by atoms with Crippen LogP contribution in [0.1, 0.15) is 0 Å². The van der Waals surface area contributed by atoms with E-state index in [-0.39, 0.29) is 17.4 Å². The van der Waals surface area contributed by atoms with Crippen molar-refractivity contribution in [2.45, 2.75) is 4.90 Å². The minimum atomic E-state index is -4.14. The van der Waals surface area contributed by atoms with Crippen molar-refractivity contribution >= 4 is 27.2 Å². The van der Waals surface area contributed by atoms with Crippen LogP contribution in [-0.2, 0) is 19.4 Å². The van der Waals surface area contributed by atoms with E-state index >= 15 is 0 Å². The van der Waals surface area contributed by atoms with E-state index in [9.17, 15) is 17.6 Å². The van der Waals surface area contributed by atoms with E-state index in [1.807, 2.05) is 0 Å². The fraction of sp³-hybridized carbons (Fsp3) is 0.118. The van der Waals surface area contributed by atoms with E-state index in [0.29, 0.717) is 17.2 Å². The van der Waals surface area contributed by atoms with Gasteiger partial charge in [0.25, 0.3) is 0 Å². The van der Waals surface area contributed by atoms with Gasteiger partial charge in [0.05, 0.1) is 17.7 Å². The Hall–Kier alpha value is -3.07. The minimum absolute atomic E-state index is 0.0711. The maximum absolute atomic E-state index is 13.8. The van der Waals surface area contributed by atoms with Gasteiger partial charge in [0.15, 0.2) is 16.4 Å². The molecule has 0 amide bonds. The molecule has 0 spiro atoms. The molecule has 2 aliphatic rings. The van der Waals surface area contributed by atoms with Crippen LogP contribution in [0.15, 0.2) is 52.4 Å². The molecule has 0 aromatic heterocycles. The quantitative estimate of drug-likeness (QED) is 0.587. The maximum atomic E-state index is 13.8. The molecule has 0 fully saturated rings. The number of benzene rings is 2. The standard InChI is InChI=1S/C17H12FNO6S/c1-23-17(20)16-8-19(11-3-4-13-14(7-11)25-9-24-13)12-6-10(18)2-5-15(12)26(16,21)22/h2-8H,9H2,1H3. The number of ether oxygens (including phenoxy) is 3. The van der Waals surface area contributed by atoms with Crippen LogP contribution >= 0.6 is 0 Å². The van der Waals surface area contributed by atoms with Crippen LogP contribution in [0.2, 0.25) is 0 Å². The van der Waals surface area contributed by atoms with Gasteiger partial charge < -0.3 is 19.1 Å². The van der Waals surface area contributed by atoms with Gasteiger partial charge in [0, 0.05) is 18.0 Å². The SMILES string of the molecule is COC(=O)C1=CN(c2ccc3c(c2)OCO3)c2cc(F)ccc2S1(=O)=O. The van der Waals surface area contributed by atoms with Crippen LogP contribution in [0.3, 0.4) is 0 Å². The highest BCUT2D eigenvalue weighted by atomic mass is 32.2. The molecule has 2 heterocycles. The predicted molar refractivity (Wildman–Crippen MR) is 88.4 cm³/mol. The summed E-state index contributed by atoms with van der Waals surface area (Å²) in [6.07, 6.45) is 1.11.